The molecule has 182 valence electrons. The van der Waals surface area contributed by atoms with Crippen LogP contribution in [-0.2, 0) is 20.9 Å². The molecule has 0 saturated carbocycles. The molecule has 2 aromatic rings. The number of benzene rings is 2. The van der Waals surface area contributed by atoms with Crippen LogP contribution in [0.4, 0.5) is 4.39 Å². The van der Waals surface area contributed by atoms with E-state index >= 15 is 0 Å². The van der Waals surface area contributed by atoms with Gasteiger partial charge in [0.2, 0.25) is 5.91 Å². The van der Waals surface area contributed by atoms with E-state index in [4.69, 9.17) is 9.47 Å². The first-order chi connectivity index (χ1) is 16.9. The molecule has 9 heteroatoms. The highest BCUT2D eigenvalue weighted by Crippen LogP contribution is 2.45. The lowest BCUT2D eigenvalue weighted by Crippen LogP contribution is -2.38. The SMILES string of the molecule is CCOC(=O)C1=C(C)N=C2SC=C(CC(=O)NCc3ccc(F)cc3)N2C1c1ccc(OC)cc1. The summed E-state index contributed by atoms with van der Waals surface area (Å²) in [7, 11) is 1.59. The standard InChI is InChI=1S/C26H26FN3O4S/c1-4-34-25(32)23-16(2)29-26-30(24(23)18-7-11-21(33-3)12-8-18)20(15-35-26)13-22(31)28-14-17-5-9-19(27)10-6-17/h5-12,15,24H,4,13-14H2,1-3H3,(H,28,31). The van der Waals surface area contributed by atoms with Gasteiger partial charge in [0.1, 0.15) is 11.6 Å². The smallest absolute Gasteiger partial charge is 0.338 e. The zero-order valence-electron chi connectivity index (χ0n) is 19.7. The Morgan fingerprint density at radius 2 is 1.86 bits per heavy atom. The van der Waals surface area contributed by atoms with Gasteiger partial charge in [-0.3, -0.25) is 4.79 Å². The highest BCUT2D eigenvalue weighted by molar-refractivity contribution is 8.16. The van der Waals surface area contributed by atoms with Crippen molar-refractivity contribution in [3.8, 4) is 5.75 Å². The molecule has 1 amide bonds. The van der Waals surface area contributed by atoms with E-state index in [-0.39, 0.29) is 31.3 Å². The van der Waals surface area contributed by atoms with Crippen LogP contribution < -0.4 is 10.1 Å². The van der Waals surface area contributed by atoms with Crippen molar-refractivity contribution in [2.45, 2.75) is 32.9 Å². The van der Waals surface area contributed by atoms with Gasteiger partial charge in [0.05, 0.1) is 37.4 Å². The van der Waals surface area contributed by atoms with Crippen LogP contribution in [0.1, 0.15) is 37.4 Å². The van der Waals surface area contributed by atoms with Gasteiger partial charge in [-0.05, 0) is 54.6 Å². The van der Waals surface area contributed by atoms with E-state index in [1.165, 1.54) is 23.9 Å². The molecule has 7 nitrogen and oxygen atoms in total. The minimum atomic E-state index is -0.501. The zero-order valence-corrected chi connectivity index (χ0v) is 20.5. The number of carbonyl (C=O) groups excluding carboxylic acids is 2. The number of hydrogen-bond acceptors (Lipinski definition) is 7. The molecule has 0 spiro atoms. The number of amidine groups is 1. The number of amides is 1. The Bertz CT molecular complexity index is 1210. The van der Waals surface area contributed by atoms with Crippen molar-refractivity contribution in [1.29, 1.82) is 0 Å². The van der Waals surface area contributed by atoms with E-state index in [1.807, 2.05) is 34.6 Å². The second kappa shape index (κ2) is 10.8. The Labute approximate surface area is 207 Å². The molecule has 35 heavy (non-hydrogen) atoms. The summed E-state index contributed by atoms with van der Waals surface area (Å²) >= 11 is 1.41. The van der Waals surface area contributed by atoms with E-state index in [0.29, 0.717) is 22.2 Å². The van der Waals surface area contributed by atoms with Gasteiger partial charge in [-0.15, -0.1) is 0 Å². The molecular formula is C26H26FN3O4S. The molecule has 1 unspecified atom stereocenters. The van der Waals surface area contributed by atoms with Crippen LogP contribution in [0.5, 0.6) is 5.75 Å². The second-order valence-corrected chi connectivity index (χ2v) is 8.80. The van der Waals surface area contributed by atoms with Gasteiger partial charge >= 0.3 is 5.97 Å². The lowest BCUT2D eigenvalue weighted by Gasteiger charge is -2.36. The highest BCUT2D eigenvalue weighted by atomic mass is 32.2. The Morgan fingerprint density at radius 3 is 2.51 bits per heavy atom. The molecule has 1 N–H and O–H groups in total. The number of ether oxygens (including phenoxy) is 2. The van der Waals surface area contributed by atoms with Gasteiger partial charge in [0.25, 0.3) is 0 Å². The van der Waals surface area contributed by atoms with Gasteiger partial charge < -0.3 is 19.7 Å². The maximum Gasteiger partial charge on any atom is 0.338 e. The molecular weight excluding hydrogens is 469 g/mol. The normalized spacial score (nSPS) is 16.9. The fourth-order valence-corrected chi connectivity index (χ4v) is 4.94. The van der Waals surface area contributed by atoms with Gasteiger partial charge in [-0.1, -0.05) is 36.0 Å². The number of carbonyl (C=O) groups is 2. The Kier molecular flexibility index (Phi) is 7.55. The number of nitrogens with one attached hydrogen (secondary N) is 1. The minimum Gasteiger partial charge on any atom is -0.497 e. The number of halogens is 1. The number of methoxy groups -OCH3 is 1. The van der Waals surface area contributed by atoms with Crippen LogP contribution in [0.2, 0.25) is 0 Å². The van der Waals surface area contributed by atoms with Gasteiger partial charge in [-0.25, -0.2) is 14.2 Å². The quantitative estimate of drug-likeness (QED) is 0.536. The summed E-state index contributed by atoms with van der Waals surface area (Å²) in [6, 6.07) is 12.9. The number of hydrogen-bond donors (Lipinski definition) is 1. The molecule has 1 atom stereocenters. The molecule has 2 aromatic carbocycles. The van der Waals surface area contributed by atoms with Crippen molar-refractivity contribution in [2.75, 3.05) is 13.7 Å². The maximum absolute atomic E-state index is 13.1. The van der Waals surface area contributed by atoms with Crippen LogP contribution in [0.3, 0.4) is 0 Å². The third kappa shape index (κ3) is 5.40. The highest BCUT2D eigenvalue weighted by Gasteiger charge is 2.41. The third-order valence-corrected chi connectivity index (χ3v) is 6.56. The largest absolute Gasteiger partial charge is 0.497 e. The molecule has 0 aromatic heterocycles. The Morgan fingerprint density at radius 1 is 1.14 bits per heavy atom. The summed E-state index contributed by atoms with van der Waals surface area (Å²) in [5.41, 5.74) is 3.38. The first-order valence-electron chi connectivity index (χ1n) is 11.2. The zero-order chi connectivity index (χ0) is 24.9. The molecule has 0 saturated heterocycles. The van der Waals surface area contributed by atoms with Gasteiger partial charge in [0.15, 0.2) is 5.17 Å². The van der Waals surface area contributed by atoms with Crippen LogP contribution in [0.15, 0.2) is 75.9 Å². The molecule has 0 bridgehead atoms. The lowest BCUT2D eigenvalue weighted by atomic mass is 9.93. The monoisotopic (exact) mass is 495 g/mol. The molecule has 0 fully saturated rings. The van der Waals surface area contributed by atoms with E-state index in [0.717, 1.165) is 16.8 Å². The summed E-state index contributed by atoms with van der Waals surface area (Å²) in [5.74, 6) is -0.260. The van der Waals surface area contributed by atoms with Crippen LogP contribution in [0, 0.1) is 5.82 Å². The van der Waals surface area contributed by atoms with Crippen molar-refractivity contribution in [1.82, 2.24) is 10.2 Å². The average molecular weight is 496 g/mol. The van der Waals surface area contributed by atoms with Crippen molar-refractivity contribution >= 4 is 28.8 Å². The van der Waals surface area contributed by atoms with Crippen molar-refractivity contribution in [2.24, 2.45) is 4.99 Å². The fraction of sp³-hybridized carbons (Fsp3) is 0.269. The van der Waals surface area contributed by atoms with Crippen molar-refractivity contribution < 1.29 is 23.5 Å². The van der Waals surface area contributed by atoms with Gasteiger partial charge in [0, 0.05) is 12.2 Å². The van der Waals surface area contributed by atoms with Crippen molar-refractivity contribution in [3.63, 3.8) is 0 Å². The van der Waals surface area contributed by atoms with E-state index in [1.54, 1.807) is 33.1 Å². The molecule has 4 rings (SSSR count). The number of esters is 1. The number of nitrogens with zero attached hydrogens (tertiary/aromatic N) is 2. The molecule has 0 aliphatic carbocycles. The Hall–Kier alpha value is -3.59. The van der Waals surface area contributed by atoms with Crippen molar-refractivity contribution in [3.05, 3.63) is 87.9 Å². The Balaban J connectivity index is 1.59. The molecule has 2 aliphatic heterocycles. The topological polar surface area (TPSA) is 80.2 Å². The summed E-state index contributed by atoms with van der Waals surface area (Å²) in [5, 5.41) is 5.45. The third-order valence-electron chi connectivity index (χ3n) is 5.67. The lowest BCUT2D eigenvalue weighted by molar-refractivity contribution is -0.139. The first kappa shape index (κ1) is 24.5. The maximum atomic E-state index is 13.1. The minimum absolute atomic E-state index is 0.0923. The van der Waals surface area contributed by atoms with Gasteiger partial charge in [-0.2, -0.15) is 0 Å². The number of rotatable bonds is 8. The van der Waals surface area contributed by atoms with E-state index in [9.17, 15) is 14.0 Å². The van der Waals surface area contributed by atoms with Crippen LogP contribution >= 0.6 is 11.8 Å². The first-order valence-corrected chi connectivity index (χ1v) is 12.1. The number of thioether (sulfide) groups is 1. The van der Waals surface area contributed by atoms with E-state index < -0.39 is 12.0 Å². The summed E-state index contributed by atoms with van der Waals surface area (Å²) in [6.45, 7) is 4.08. The molecule has 0 radical (unpaired) electrons. The number of fused-ring (bicyclic) bond motifs is 1. The molecule has 2 heterocycles. The predicted molar refractivity (Wildman–Crippen MR) is 133 cm³/mol. The average Bonchev–Trinajstić information content (AvgIpc) is 3.24. The fourth-order valence-electron chi connectivity index (χ4n) is 3.97. The van der Waals surface area contributed by atoms with Crippen LogP contribution in [-0.4, -0.2) is 35.7 Å². The molecule has 2 aliphatic rings. The summed E-state index contributed by atoms with van der Waals surface area (Å²) in [4.78, 5) is 32.3. The summed E-state index contributed by atoms with van der Waals surface area (Å²) in [6.07, 6.45) is 0.0923. The number of aliphatic imine (C=N–C) groups is 1. The van der Waals surface area contributed by atoms with E-state index in [2.05, 4.69) is 10.3 Å². The second-order valence-electron chi connectivity index (χ2n) is 7.97. The number of allylic oxidation sites excluding steroid dienone is 1. The summed E-state index contributed by atoms with van der Waals surface area (Å²) < 4.78 is 23.8. The van der Waals surface area contributed by atoms with Crippen LogP contribution in [0.25, 0.3) is 0 Å². The predicted octanol–water partition coefficient (Wildman–Crippen LogP) is 4.68.